The van der Waals surface area contributed by atoms with Crippen LogP contribution in [-0.4, -0.2) is 41.4 Å². The number of alkyl halides is 3. The molecule has 1 aliphatic heterocycles. The van der Waals surface area contributed by atoms with Gasteiger partial charge in [0.1, 0.15) is 0 Å². The fourth-order valence-electron chi connectivity index (χ4n) is 2.83. The summed E-state index contributed by atoms with van der Waals surface area (Å²) in [5.41, 5.74) is 3.84. The zero-order valence-corrected chi connectivity index (χ0v) is 14.0. The van der Waals surface area contributed by atoms with Crippen molar-refractivity contribution in [1.82, 2.24) is 10.3 Å². The average molecular weight is 372 g/mol. The number of hydrogen-bond donors (Lipinski definition) is 3. The van der Waals surface area contributed by atoms with Gasteiger partial charge in [-0.25, -0.2) is 4.79 Å². The summed E-state index contributed by atoms with van der Waals surface area (Å²) >= 11 is 0. The normalized spacial score (nSPS) is 16.4. The van der Waals surface area contributed by atoms with Crippen molar-refractivity contribution in [2.24, 2.45) is 0 Å². The average Bonchev–Trinajstić information content (AvgIpc) is 2.94. The molecule has 142 valence electrons. The fourth-order valence-corrected chi connectivity index (χ4v) is 2.83. The Labute approximate surface area is 147 Å². The van der Waals surface area contributed by atoms with Gasteiger partial charge in [-0.05, 0) is 24.6 Å². The van der Waals surface area contributed by atoms with E-state index >= 15 is 0 Å². The summed E-state index contributed by atoms with van der Waals surface area (Å²) in [6, 6.07) is 8.64. The number of ether oxygens (including phenoxy) is 1. The summed E-state index contributed by atoms with van der Waals surface area (Å²) in [5, 5.41) is 11.9. The van der Waals surface area contributed by atoms with Crippen molar-refractivity contribution in [3.63, 3.8) is 0 Å². The van der Waals surface area contributed by atoms with E-state index in [2.05, 4.69) is 28.5 Å². The molecule has 0 radical (unpaired) electrons. The first kappa shape index (κ1) is 19.8. The number of carbonyl (C=O) groups is 2. The smallest absolute Gasteiger partial charge is 0.475 e. The minimum absolute atomic E-state index is 0.215. The Hall–Kier alpha value is -2.55. The Morgan fingerprint density at radius 3 is 2.58 bits per heavy atom. The van der Waals surface area contributed by atoms with Crippen molar-refractivity contribution >= 4 is 22.8 Å². The van der Waals surface area contributed by atoms with Gasteiger partial charge < -0.3 is 20.1 Å². The second-order valence-electron chi connectivity index (χ2n) is 5.75. The molecule has 0 aliphatic carbocycles. The zero-order valence-electron chi connectivity index (χ0n) is 14.0. The summed E-state index contributed by atoms with van der Waals surface area (Å²) in [4.78, 5) is 23.2. The molecule has 1 unspecified atom stereocenters. The molecular formula is C17H19F3N2O4. The quantitative estimate of drug-likeness (QED) is 0.721. The maximum atomic E-state index is 10.8. The number of aromatic nitrogens is 1. The molecule has 2 heterocycles. The van der Waals surface area contributed by atoms with E-state index < -0.39 is 12.1 Å². The van der Waals surface area contributed by atoms with Crippen LogP contribution in [0, 0.1) is 0 Å². The van der Waals surface area contributed by atoms with E-state index in [1.165, 1.54) is 29.1 Å². The first-order valence-electron chi connectivity index (χ1n) is 7.96. The van der Waals surface area contributed by atoms with E-state index in [9.17, 15) is 18.0 Å². The number of rotatable bonds is 3. The standard InChI is InChI=1S/C15H18N2O2.C2HF3O2/c1-10(18)19-9-7-14-15-12(6-8-16-14)11-4-2-3-5-13(11)17-15;3-2(4,5)1(6)7/h2-5,14,16-17H,6-9H2,1H3;(H,6,7). The van der Waals surface area contributed by atoms with Crippen LogP contribution in [0.1, 0.15) is 30.6 Å². The molecule has 9 heteroatoms. The summed E-state index contributed by atoms with van der Waals surface area (Å²) in [6.45, 7) is 2.88. The van der Waals surface area contributed by atoms with Gasteiger partial charge in [-0.2, -0.15) is 13.2 Å². The number of carboxylic acids is 1. The topological polar surface area (TPSA) is 91.4 Å². The number of aromatic amines is 1. The van der Waals surface area contributed by atoms with Gasteiger partial charge in [0, 0.05) is 29.9 Å². The number of fused-ring (bicyclic) bond motifs is 3. The van der Waals surface area contributed by atoms with Crippen LogP contribution in [-0.2, 0) is 20.7 Å². The van der Waals surface area contributed by atoms with Crippen LogP contribution in [0.3, 0.4) is 0 Å². The van der Waals surface area contributed by atoms with Gasteiger partial charge in [-0.15, -0.1) is 0 Å². The molecule has 1 aliphatic rings. The number of carboxylic acid groups (broad SMARTS) is 1. The molecule has 0 amide bonds. The molecule has 3 N–H and O–H groups in total. The second kappa shape index (κ2) is 8.22. The Morgan fingerprint density at radius 2 is 1.96 bits per heavy atom. The molecule has 3 rings (SSSR count). The van der Waals surface area contributed by atoms with Crippen LogP contribution in [0.2, 0.25) is 0 Å². The molecule has 2 aromatic rings. The molecule has 1 aromatic heterocycles. The zero-order chi connectivity index (χ0) is 19.3. The van der Waals surface area contributed by atoms with Crippen molar-refractivity contribution in [1.29, 1.82) is 0 Å². The number of nitrogens with one attached hydrogen (secondary N) is 2. The third kappa shape index (κ3) is 4.98. The van der Waals surface area contributed by atoms with Gasteiger partial charge in [0.2, 0.25) is 0 Å². The fraction of sp³-hybridized carbons (Fsp3) is 0.412. The van der Waals surface area contributed by atoms with Crippen LogP contribution in [0.4, 0.5) is 13.2 Å². The lowest BCUT2D eigenvalue weighted by Gasteiger charge is -2.24. The summed E-state index contributed by atoms with van der Waals surface area (Å²) < 4.78 is 36.8. The largest absolute Gasteiger partial charge is 0.490 e. The highest BCUT2D eigenvalue weighted by atomic mass is 19.4. The van der Waals surface area contributed by atoms with Crippen LogP contribution in [0.5, 0.6) is 0 Å². The Bertz CT molecular complexity index is 786. The Balaban J connectivity index is 0.000000298. The number of hydrogen-bond acceptors (Lipinski definition) is 4. The molecule has 0 bridgehead atoms. The molecular weight excluding hydrogens is 353 g/mol. The molecule has 0 fully saturated rings. The lowest BCUT2D eigenvalue weighted by molar-refractivity contribution is -0.192. The predicted molar refractivity (Wildman–Crippen MR) is 87.7 cm³/mol. The van der Waals surface area contributed by atoms with Crippen molar-refractivity contribution in [3.05, 3.63) is 35.5 Å². The maximum absolute atomic E-state index is 10.8. The number of aliphatic carboxylic acids is 1. The van der Waals surface area contributed by atoms with Gasteiger partial charge in [-0.3, -0.25) is 4.79 Å². The second-order valence-corrected chi connectivity index (χ2v) is 5.75. The highest BCUT2D eigenvalue weighted by molar-refractivity contribution is 5.85. The minimum atomic E-state index is -5.08. The third-order valence-corrected chi connectivity index (χ3v) is 3.92. The number of para-hydroxylation sites is 1. The number of carbonyl (C=O) groups excluding carboxylic acids is 1. The lowest BCUT2D eigenvalue weighted by atomic mass is 9.98. The van der Waals surface area contributed by atoms with Crippen molar-refractivity contribution in [2.45, 2.75) is 32.0 Å². The summed E-state index contributed by atoms with van der Waals surface area (Å²) in [7, 11) is 0. The molecule has 0 spiro atoms. The van der Waals surface area contributed by atoms with Crippen molar-refractivity contribution < 1.29 is 32.6 Å². The molecule has 1 aromatic carbocycles. The molecule has 0 saturated heterocycles. The van der Waals surface area contributed by atoms with Gasteiger partial charge in [0.25, 0.3) is 0 Å². The van der Waals surface area contributed by atoms with Gasteiger partial charge in [0.05, 0.1) is 12.6 Å². The highest BCUT2D eigenvalue weighted by Crippen LogP contribution is 2.31. The third-order valence-electron chi connectivity index (χ3n) is 3.92. The highest BCUT2D eigenvalue weighted by Gasteiger charge is 2.38. The van der Waals surface area contributed by atoms with Crippen molar-refractivity contribution in [2.75, 3.05) is 13.2 Å². The van der Waals surface area contributed by atoms with E-state index in [-0.39, 0.29) is 12.0 Å². The van der Waals surface area contributed by atoms with E-state index in [4.69, 9.17) is 14.6 Å². The molecule has 0 saturated carbocycles. The van der Waals surface area contributed by atoms with Crippen LogP contribution >= 0.6 is 0 Å². The molecule has 1 atom stereocenters. The molecule has 6 nitrogen and oxygen atoms in total. The van der Waals surface area contributed by atoms with E-state index in [0.29, 0.717) is 6.61 Å². The number of H-pyrrole nitrogens is 1. The maximum Gasteiger partial charge on any atom is 0.490 e. The van der Waals surface area contributed by atoms with Gasteiger partial charge in [-0.1, -0.05) is 18.2 Å². The van der Waals surface area contributed by atoms with E-state index in [0.717, 1.165) is 19.4 Å². The van der Waals surface area contributed by atoms with Crippen LogP contribution in [0.15, 0.2) is 24.3 Å². The number of halogens is 3. The SMILES string of the molecule is CC(=O)OCCC1NCCc2c1[nH]c1ccccc21.O=C(O)C(F)(F)F. The van der Waals surface area contributed by atoms with Crippen molar-refractivity contribution in [3.8, 4) is 0 Å². The summed E-state index contributed by atoms with van der Waals surface area (Å²) in [6.07, 6.45) is -3.23. The molecule has 26 heavy (non-hydrogen) atoms. The van der Waals surface area contributed by atoms with Gasteiger partial charge >= 0.3 is 18.1 Å². The Kier molecular flexibility index (Phi) is 6.25. The van der Waals surface area contributed by atoms with Gasteiger partial charge in [0.15, 0.2) is 0 Å². The number of esters is 1. The summed E-state index contributed by atoms with van der Waals surface area (Å²) in [5.74, 6) is -2.97. The van der Waals surface area contributed by atoms with Crippen LogP contribution < -0.4 is 5.32 Å². The first-order chi connectivity index (χ1) is 12.2. The monoisotopic (exact) mass is 372 g/mol. The Morgan fingerprint density at radius 1 is 1.31 bits per heavy atom. The number of benzene rings is 1. The lowest BCUT2D eigenvalue weighted by Crippen LogP contribution is -2.30. The predicted octanol–water partition coefficient (Wildman–Crippen LogP) is 2.94. The van der Waals surface area contributed by atoms with Crippen LogP contribution in [0.25, 0.3) is 10.9 Å². The van der Waals surface area contributed by atoms with E-state index in [1.54, 1.807) is 0 Å². The first-order valence-corrected chi connectivity index (χ1v) is 7.96. The van der Waals surface area contributed by atoms with E-state index in [1.807, 2.05) is 6.07 Å². The minimum Gasteiger partial charge on any atom is -0.475 e.